The molecule has 1 amide bonds. The fraction of sp³-hybridized carbons (Fsp3) is 0.462. The summed E-state index contributed by atoms with van der Waals surface area (Å²) >= 11 is 3.39. The minimum absolute atomic E-state index is 0.0969. The Morgan fingerprint density at radius 3 is 2.53 bits per heavy atom. The summed E-state index contributed by atoms with van der Waals surface area (Å²) in [5, 5.41) is 3.79. The van der Waals surface area contributed by atoms with Crippen molar-refractivity contribution in [1.82, 2.24) is 0 Å². The molecule has 1 saturated heterocycles. The smallest absolute Gasteiger partial charge is 0.227 e. The summed E-state index contributed by atoms with van der Waals surface area (Å²) in [6.45, 7) is 1.39. The molecule has 0 unspecified atom stereocenters. The predicted molar refractivity (Wildman–Crippen MR) is 71.2 cm³/mol. The molecule has 0 aromatic heterocycles. The summed E-state index contributed by atoms with van der Waals surface area (Å²) < 4.78 is 5.25. The zero-order valence-corrected chi connectivity index (χ0v) is 11.2. The molecule has 17 heavy (non-hydrogen) atoms. The number of hydrogen-bond acceptors (Lipinski definition) is 2. The van der Waals surface area contributed by atoms with Crippen LogP contribution in [0.3, 0.4) is 0 Å². The number of amides is 1. The van der Waals surface area contributed by atoms with Gasteiger partial charge in [-0.05, 0) is 30.5 Å². The van der Waals surface area contributed by atoms with Gasteiger partial charge in [0.2, 0.25) is 5.91 Å². The van der Waals surface area contributed by atoms with Crippen molar-refractivity contribution in [3.8, 4) is 0 Å². The van der Waals surface area contributed by atoms with Crippen LogP contribution in [0.15, 0.2) is 24.3 Å². The monoisotopic (exact) mass is 297 g/mol. The van der Waals surface area contributed by atoms with Gasteiger partial charge in [-0.2, -0.15) is 0 Å². The number of hydrogen-bond donors (Lipinski definition) is 1. The third-order valence-corrected chi connectivity index (χ3v) is 3.62. The third kappa shape index (κ3) is 3.54. The highest BCUT2D eigenvalue weighted by Crippen LogP contribution is 2.18. The Morgan fingerprint density at radius 1 is 1.29 bits per heavy atom. The number of anilines is 1. The van der Waals surface area contributed by atoms with Gasteiger partial charge in [0.1, 0.15) is 0 Å². The zero-order chi connectivity index (χ0) is 12.1. The standard InChI is InChI=1S/C13H16BrNO2/c14-9-10-1-3-12(4-2-10)15-13(16)11-5-7-17-8-6-11/h1-4,11H,5-9H2,(H,15,16). The van der Waals surface area contributed by atoms with Gasteiger partial charge in [0.15, 0.2) is 0 Å². The van der Waals surface area contributed by atoms with E-state index < -0.39 is 0 Å². The minimum atomic E-state index is 0.0969. The van der Waals surface area contributed by atoms with Crippen LogP contribution in [0.4, 0.5) is 5.69 Å². The maximum atomic E-state index is 11.9. The Labute approximate surface area is 110 Å². The highest BCUT2D eigenvalue weighted by molar-refractivity contribution is 9.08. The first-order chi connectivity index (χ1) is 8.29. The molecule has 2 rings (SSSR count). The van der Waals surface area contributed by atoms with E-state index in [9.17, 15) is 4.79 Å². The Kier molecular flexibility index (Phi) is 4.57. The van der Waals surface area contributed by atoms with E-state index in [1.54, 1.807) is 0 Å². The minimum Gasteiger partial charge on any atom is -0.381 e. The largest absolute Gasteiger partial charge is 0.381 e. The van der Waals surface area contributed by atoms with Crippen molar-refractivity contribution < 1.29 is 9.53 Å². The van der Waals surface area contributed by atoms with Gasteiger partial charge >= 0.3 is 0 Å². The van der Waals surface area contributed by atoms with E-state index in [0.29, 0.717) is 13.2 Å². The summed E-state index contributed by atoms with van der Waals surface area (Å²) in [7, 11) is 0. The molecule has 0 atom stereocenters. The molecular formula is C13H16BrNO2. The van der Waals surface area contributed by atoms with Crippen molar-refractivity contribution in [2.45, 2.75) is 18.2 Å². The maximum absolute atomic E-state index is 11.9. The lowest BCUT2D eigenvalue weighted by atomic mass is 9.99. The average molecular weight is 298 g/mol. The number of alkyl halides is 1. The van der Waals surface area contributed by atoms with Gasteiger partial charge in [-0.3, -0.25) is 4.79 Å². The molecule has 0 bridgehead atoms. The zero-order valence-electron chi connectivity index (χ0n) is 9.62. The first-order valence-electron chi connectivity index (χ1n) is 5.83. The quantitative estimate of drug-likeness (QED) is 0.871. The van der Waals surface area contributed by atoms with Crippen LogP contribution in [0.2, 0.25) is 0 Å². The van der Waals surface area contributed by atoms with E-state index in [0.717, 1.165) is 23.9 Å². The summed E-state index contributed by atoms with van der Waals surface area (Å²) in [5.41, 5.74) is 2.07. The Hall–Kier alpha value is -0.870. The van der Waals surface area contributed by atoms with Crippen LogP contribution in [-0.4, -0.2) is 19.1 Å². The number of carbonyl (C=O) groups is 1. The molecule has 92 valence electrons. The molecule has 1 aromatic rings. The van der Waals surface area contributed by atoms with E-state index in [2.05, 4.69) is 21.2 Å². The molecule has 0 saturated carbocycles. The molecule has 1 fully saturated rings. The van der Waals surface area contributed by atoms with Crippen molar-refractivity contribution in [3.05, 3.63) is 29.8 Å². The number of carbonyl (C=O) groups excluding carboxylic acids is 1. The highest BCUT2D eigenvalue weighted by atomic mass is 79.9. The molecule has 3 nitrogen and oxygen atoms in total. The Morgan fingerprint density at radius 2 is 1.94 bits per heavy atom. The predicted octanol–water partition coefficient (Wildman–Crippen LogP) is 2.95. The average Bonchev–Trinajstić information content (AvgIpc) is 2.40. The number of benzene rings is 1. The van der Waals surface area contributed by atoms with Crippen LogP contribution in [-0.2, 0) is 14.9 Å². The van der Waals surface area contributed by atoms with Crippen molar-refractivity contribution >= 4 is 27.5 Å². The second-order valence-electron chi connectivity index (χ2n) is 4.21. The molecule has 4 heteroatoms. The molecule has 1 N–H and O–H groups in total. The first-order valence-corrected chi connectivity index (χ1v) is 6.95. The van der Waals surface area contributed by atoms with Gasteiger partial charge in [0.25, 0.3) is 0 Å². The van der Waals surface area contributed by atoms with Crippen molar-refractivity contribution in [1.29, 1.82) is 0 Å². The van der Waals surface area contributed by atoms with Gasteiger partial charge in [-0.15, -0.1) is 0 Å². The molecule has 0 spiro atoms. The van der Waals surface area contributed by atoms with Crippen molar-refractivity contribution in [2.24, 2.45) is 5.92 Å². The second-order valence-corrected chi connectivity index (χ2v) is 4.77. The maximum Gasteiger partial charge on any atom is 0.227 e. The van der Waals surface area contributed by atoms with Gasteiger partial charge in [0.05, 0.1) is 0 Å². The molecule has 1 aromatic carbocycles. The van der Waals surface area contributed by atoms with Crippen LogP contribution in [0, 0.1) is 5.92 Å². The van der Waals surface area contributed by atoms with E-state index in [-0.39, 0.29) is 11.8 Å². The number of nitrogens with one attached hydrogen (secondary N) is 1. The normalized spacial score (nSPS) is 16.8. The number of ether oxygens (including phenoxy) is 1. The Balaban J connectivity index is 1.92. The van der Waals surface area contributed by atoms with Gasteiger partial charge in [0, 0.05) is 30.1 Å². The molecule has 0 radical (unpaired) electrons. The second kappa shape index (κ2) is 6.17. The summed E-state index contributed by atoms with van der Waals surface area (Å²) in [6, 6.07) is 7.89. The van der Waals surface area contributed by atoms with E-state index in [4.69, 9.17) is 4.74 Å². The highest BCUT2D eigenvalue weighted by Gasteiger charge is 2.21. The van der Waals surface area contributed by atoms with Crippen LogP contribution in [0.25, 0.3) is 0 Å². The molecule has 1 aliphatic heterocycles. The fourth-order valence-electron chi connectivity index (χ4n) is 1.88. The topological polar surface area (TPSA) is 38.3 Å². The van der Waals surface area contributed by atoms with Crippen LogP contribution < -0.4 is 5.32 Å². The molecule has 0 aliphatic carbocycles. The fourth-order valence-corrected chi connectivity index (χ4v) is 2.26. The molecular weight excluding hydrogens is 282 g/mol. The van der Waals surface area contributed by atoms with E-state index >= 15 is 0 Å². The molecule has 1 heterocycles. The summed E-state index contributed by atoms with van der Waals surface area (Å²) in [6.07, 6.45) is 1.65. The van der Waals surface area contributed by atoms with E-state index in [1.165, 1.54) is 5.56 Å². The lowest BCUT2D eigenvalue weighted by molar-refractivity contribution is -0.122. The van der Waals surface area contributed by atoms with Crippen LogP contribution in [0.5, 0.6) is 0 Å². The lowest BCUT2D eigenvalue weighted by Crippen LogP contribution is -2.28. The van der Waals surface area contributed by atoms with E-state index in [1.807, 2.05) is 24.3 Å². The first kappa shape index (κ1) is 12.6. The van der Waals surface area contributed by atoms with Gasteiger partial charge in [-0.25, -0.2) is 0 Å². The SMILES string of the molecule is O=C(Nc1ccc(CBr)cc1)C1CCOCC1. The Bertz CT molecular complexity index is 372. The van der Waals surface area contributed by atoms with Crippen LogP contribution in [0.1, 0.15) is 18.4 Å². The van der Waals surface area contributed by atoms with Crippen molar-refractivity contribution in [2.75, 3.05) is 18.5 Å². The summed E-state index contributed by atoms with van der Waals surface area (Å²) in [4.78, 5) is 11.9. The van der Waals surface area contributed by atoms with Gasteiger partial charge < -0.3 is 10.1 Å². The number of halogens is 1. The number of rotatable bonds is 3. The summed E-state index contributed by atoms with van der Waals surface area (Å²) in [5.74, 6) is 0.208. The van der Waals surface area contributed by atoms with Gasteiger partial charge in [-0.1, -0.05) is 28.1 Å². The van der Waals surface area contributed by atoms with Crippen LogP contribution >= 0.6 is 15.9 Å². The molecule has 1 aliphatic rings. The van der Waals surface area contributed by atoms with Crippen molar-refractivity contribution in [3.63, 3.8) is 0 Å². The third-order valence-electron chi connectivity index (χ3n) is 2.97. The lowest BCUT2D eigenvalue weighted by Gasteiger charge is -2.21.